The average Bonchev–Trinajstić information content (AvgIpc) is 2.66. The van der Waals surface area contributed by atoms with Crippen LogP contribution in [0.1, 0.15) is 37.5 Å². The summed E-state index contributed by atoms with van der Waals surface area (Å²) < 4.78 is 0. The molecule has 0 atom stereocenters. The van der Waals surface area contributed by atoms with E-state index in [4.69, 9.17) is 12.2 Å². The second-order valence-corrected chi connectivity index (χ2v) is 6.72. The van der Waals surface area contributed by atoms with Gasteiger partial charge in [0.25, 0.3) is 0 Å². The Balaban J connectivity index is 1.80. The molecule has 0 unspecified atom stereocenters. The zero-order valence-corrected chi connectivity index (χ0v) is 16.4. The first-order valence-corrected chi connectivity index (χ1v) is 9.60. The summed E-state index contributed by atoms with van der Waals surface area (Å²) in [6, 6.07) is 17.2. The van der Waals surface area contributed by atoms with Crippen LogP contribution >= 0.6 is 12.2 Å². The molecule has 0 heterocycles. The Bertz CT molecular complexity index is 646. The number of thiocarbonyl (C=S) groups is 1. The molecule has 3 nitrogen and oxygen atoms in total. The molecule has 0 spiro atoms. The molecule has 3 N–H and O–H groups in total. The lowest BCUT2D eigenvalue weighted by molar-refractivity contribution is -0.910. The number of hydrogen-bond donors (Lipinski definition) is 3. The van der Waals surface area contributed by atoms with Gasteiger partial charge in [0.2, 0.25) is 0 Å². The van der Waals surface area contributed by atoms with E-state index in [1.54, 1.807) is 4.90 Å². The lowest BCUT2D eigenvalue weighted by Crippen LogP contribution is -3.10. The zero-order valence-electron chi connectivity index (χ0n) is 15.6. The lowest BCUT2D eigenvalue weighted by Gasteiger charge is -2.15. The Hall–Kier alpha value is -1.91. The molecule has 0 aliphatic heterocycles. The zero-order chi connectivity index (χ0) is 18.1. The van der Waals surface area contributed by atoms with Crippen molar-refractivity contribution in [3.63, 3.8) is 0 Å². The van der Waals surface area contributed by atoms with Crippen LogP contribution < -0.4 is 15.5 Å². The van der Waals surface area contributed by atoms with Gasteiger partial charge in [-0.1, -0.05) is 43.3 Å². The highest BCUT2D eigenvalue weighted by Crippen LogP contribution is 2.10. The molecular formula is C21H30N3S+. The Morgan fingerprint density at radius 1 is 0.840 bits per heavy atom. The SMILES string of the molecule is CCc1ccc(NC(=S)NCc2ccc(C[NH+](CC)CC)cc2)cc1. The van der Waals surface area contributed by atoms with Crippen LogP contribution in [0.4, 0.5) is 5.69 Å². The minimum Gasteiger partial charge on any atom is -0.358 e. The van der Waals surface area contributed by atoms with Crippen LogP contribution in [-0.2, 0) is 19.5 Å². The molecule has 0 saturated heterocycles. The van der Waals surface area contributed by atoms with Crippen LogP contribution in [0.25, 0.3) is 0 Å². The fourth-order valence-electron chi connectivity index (χ4n) is 2.75. The van der Waals surface area contributed by atoms with Gasteiger partial charge in [-0.15, -0.1) is 0 Å². The summed E-state index contributed by atoms with van der Waals surface area (Å²) in [5.41, 5.74) is 4.98. The van der Waals surface area contributed by atoms with Crippen LogP contribution in [-0.4, -0.2) is 18.2 Å². The maximum absolute atomic E-state index is 5.39. The molecule has 2 aromatic carbocycles. The lowest BCUT2D eigenvalue weighted by atomic mass is 10.1. The van der Waals surface area contributed by atoms with Crippen LogP contribution in [0.15, 0.2) is 48.5 Å². The van der Waals surface area contributed by atoms with Gasteiger partial charge in [0.1, 0.15) is 6.54 Å². The predicted octanol–water partition coefficient (Wildman–Crippen LogP) is 3.16. The largest absolute Gasteiger partial charge is 0.358 e. The smallest absolute Gasteiger partial charge is 0.171 e. The summed E-state index contributed by atoms with van der Waals surface area (Å²) in [5, 5.41) is 7.16. The number of quaternary nitrogens is 1. The van der Waals surface area contributed by atoms with E-state index in [9.17, 15) is 0 Å². The van der Waals surface area contributed by atoms with Gasteiger partial charge in [-0.25, -0.2) is 0 Å². The van der Waals surface area contributed by atoms with E-state index in [0.717, 1.165) is 25.2 Å². The van der Waals surface area contributed by atoms with Crippen molar-refractivity contribution in [1.29, 1.82) is 0 Å². The fourth-order valence-corrected chi connectivity index (χ4v) is 2.94. The van der Waals surface area contributed by atoms with Gasteiger partial charge in [-0.3, -0.25) is 0 Å². The summed E-state index contributed by atoms with van der Waals surface area (Å²) in [5.74, 6) is 0. The van der Waals surface area contributed by atoms with Crippen LogP contribution in [0.5, 0.6) is 0 Å². The fraction of sp³-hybridized carbons (Fsp3) is 0.381. The number of anilines is 1. The van der Waals surface area contributed by atoms with Crippen LogP contribution in [0.2, 0.25) is 0 Å². The molecule has 0 aliphatic rings. The van der Waals surface area contributed by atoms with Gasteiger partial charge in [0, 0.05) is 17.8 Å². The van der Waals surface area contributed by atoms with E-state index in [0.29, 0.717) is 5.11 Å². The molecule has 0 bridgehead atoms. The topological polar surface area (TPSA) is 28.5 Å². The first-order chi connectivity index (χ1) is 12.1. The van der Waals surface area contributed by atoms with E-state index in [1.165, 1.54) is 29.8 Å². The third kappa shape index (κ3) is 6.48. The highest BCUT2D eigenvalue weighted by atomic mass is 32.1. The van der Waals surface area contributed by atoms with Crippen molar-refractivity contribution < 1.29 is 4.90 Å². The summed E-state index contributed by atoms with van der Waals surface area (Å²) in [6.45, 7) is 10.8. The number of benzene rings is 2. The number of hydrogen-bond acceptors (Lipinski definition) is 1. The molecule has 0 aliphatic carbocycles. The van der Waals surface area contributed by atoms with Crippen molar-refractivity contribution in [2.45, 2.75) is 40.3 Å². The van der Waals surface area contributed by atoms with E-state index < -0.39 is 0 Å². The number of rotatable bonds is 8. The van der Waals surface area contributed by atoms with Crippen molar-refractivity contribution >= 4 is 23.0 Å². The first kappa shape index (κ1) is 19.4. The molecule has 0 aromatic heterocycles. The van der Waals surface area contributed by atoms with Crippen molar-refractivity contribution in [3.8, 4) is 0 Å². The van der Waals surface area contributed by atoms with Gasteiger partial charge in [0.15, 0.2) is 5.11 Å². The molecule has 25 heavy (non-hydrogen) atoms. The maximum atomic E-state index is 5.39. The Morgan fingerprint density at radius 3 is 1.96 bits per heavy atom. The Kier molecular flexibility index (Phi) is 7.89. The van der Waals surface area contributed by atoms with Gasteiger partial charge in [0.05, 0.1) is 13.1 Å². The van der Waals surface area contributed by atoms with Crippen molar-refractivity contribution in [3.05, 3.63) is 65.2 Å². The van der Waals surface area contributed by atoms with Gasteiger partial charge in [-0.05, 0) is 55.7 Å². The molecule has 2 aromatic rings. The third-order valence-corrected chi connectivity index (χ3v) is 4.80. The van der Waals surface area contributed by atoms with Crippen molar-refractivity contribution in [1.82, 2.24) is 5.32 Å². The maximum Gasteiger partial charge on any atom is 0.171 e. The minimum atomic E-state index is 0.654. The van der Waals surface area contributed by atoms with E-state index in [-0.39, 0.29) is 0 Å². The monoisotopic (exact) mass is 356 g/mol. The van der Waals surface area contributed by atoms with E-state index in [2.05, 4.69) is 79.9 Å². The van der Waals surface area contributed by atoms with Gasteiger partial charge >= 0.3 is 0 Å². The molecule has 0 fully saturated rings. The summed E-state index contributed by atoms with van der Waals surface area (Å²) in [6.07, 6.45) is 1.05. The van der Waals surface area contributed by atoms with Crippen LogP contribution in [0.3, 0.4) is 0 Å². The highest BCUT2D eigenvalue weighted by molar-refractivity contribution is 7.80. The molecule has 0 amide bonds. The van der Waals surface area contributed by atoms with Gasteiger partial charge in [-0.2, -0.15) is 0 Å². The standard InChI is InChI=1S/C21H29N3S/c1-4-17-11-13-20(14-12-17)23-21(25)22-15-18-7-9-19(10-8-18)16-24(5-2)6-3/h7-14H,4-6,15-16H2,1-3H3,(H2,22,23,25)/p+1. The summed E-state index contributed by atoms with van der Waals surface area (Å²) >= 11 is 5.39. The Morgan fingerprint density at radius 2 is 1.40 bits per heavy atom. The quantitative estimate of drug-likeness (QED) is 0.635. The Labute approximate surface area is 157 Å². The first-order valence-electron chi connectivity index (χ1n) is 9.19. The average molecular weight is 357 g/mol. The van der Waals surface area contributed by atoms with E-state index >= 15 is 0 Å². The number of aryl methyl sites for hydroxylation is 1. The molecule has 134 valence electrons. The third-order valence-electron chi connectivity index (χ3n) is 4.55. The molecule has 2 rings (SSSR count). The molecule has 4 heteroatoms. The normalized spacial score (nSPS) is 10.7. The summed E-state index contributed by atoms with van der Waals surface area (Å²) in [4.78, 5) is 1.60. The molecular weight excluding hydrogens is 326 g/mol. The van der Waals surface area contributed by atoms with Crippen molar-refractivity contribution in [2.75, 3.05) is 18.4 Å². The molecule has 0 radical (unpaired) electrons. The second-order valence-electron chi connectivity index (χ2n) is 6.31. The highest BCUT2D eigenvalue weighted by Gasteiger charge is 2.04. The van der Waals surface area contributed by atoms with E-state index in [1.807, 2.05) is 0 Å². The minimum absolute atomic E-state index is 0.654. The molecule has 0 saturated carbocycles. The van der Waals surface area contributed by atoms with Crippen LogP contribution in [0, 0.1) is 0 Å². The second kappa shape index (κ2) is 10.2. The van der Waals surface area contributed by atoms with Gasteiger partial charge < -0.3 is 15.5 Å². The predicted molar refractivity (Wildman–Crippen MR) is 111 cm³/mol. The number of nitrogens with one attached hydrogen (secondary N) is 3. The van der Waals surface area contributed by atoms with Crippen molar-refractivity contribution in [2.24, 2.45) is 0 Å². The summed E-state index contributed by atoms with van der Waals surface area (Å²) in [7, 11) is 0.